The van der Waals surface area contributed by atoms with Gasteiger partial charge in [0.1, 0.15) is 17.7 Å². The molecule has 54 heavy (non-hydrogen) atoms. The van der Waals surface area contributed by atoms with Crippen molar-refractivity contribution in [3.8, 4) is 11.5 Å². The van der Waals surface area contributed by atoms with Crippen molar-refractivity contribution in [3.63, 3.8) is 0 Å². The molecule has 13 nitrogen and oxygen atoms in total. The molecule has 0 aromatic heterocycles. The Bertz CT molecular complexity index is 1480. The van der Waals surface area contributed by atoms with Crippen LogP contribution in [0, 0.1) is 0 Å². The molecule has 0 bridgehead atoms. The summed E-state index contributed by atoms with van der Waals surface area (Å²) >= 11 is 0. The van der Waals surface area contributed by atoms with Crippen LogP contribution in [0.25, 0.3) is 0 Å². The SMILES string of the molecule is CC(C)(C)c1cc(CP(=O)([O-])[O-])cc(C(C)(C)C)c1O.CC(C)(C)c1cc(CP(=O)([O-])[O-])cc(C(C)(C)C)c1O.CCOP(=O)(CC(=O)O)OCC.[Ca+2].[Ca+2]. The summed E-state index contributed by atoms with van der Waals surface area (Å²) in [5.41, 5.74) is 2.16. The predicted octanol–water partition coefficient (Wildman–Crippen LogP) is 5.38. The molecule has 3 N–H and O–H groups in total. The number of rotatable bonds is 10. The van der Waals surface area contributed by atoms with E-state index in [9.17, 15) is 48.3 Å². The van der Waals surface area contributed by atoms with Crippen LogP contribution in [0.4, 0.5) is 0 Å². The molecule has 0 saturated carbocycles. The van der Waals surface area contributed by atoms with E-state index < -0.39 is 47.2 Å². The monoisotopic (exact) mass is 872 g/mol. The summed E-state index contributed by atoms with van der Waals surface area (Å²) in [6.45, 7) is 26.9. The summed E-state index contributed by atoms with van der Waals surface area (Å²) < 4.78 is 42.9. The number of hydrogen-bond donors (Lipinski definition) is 3. The van der Waals surface area contributed by atoms with E-state index in [1.807, 2.05) is 83.1 Å². The van der Waals surface area contributed by atoms with E-state index in [1.165, 1.54) is 0 Å². The van der Waals surface area contributed by atoms with Crippen molar-refractivity contribution in [2.75, 3.05) is 19.4 Å². The molecule has 2 aromatic rings. The standard InChI is InChI=1S/2C15H25O4P.C6H13O5P.2Ca/c2*1-14(2,3)11-7-10(9-20(17,18)19)8-12(13(11)16)15(4,5)6;1-3-10-12(9,11-4-2)5-6(7)8;;/h2*7-8,16H,9H2,1-6H3,(H2,17,18,19);3-5H2,1-2H3,(H,7,8);;/q;;;2*+2/p-4. The molecule has 0 amide bonds. The van der Waals surface area contributed by atoms with Gasteiger partial charge in [-0.15, -0.1) is 0 Å². The first-order valence-electron chi connectivity index (χ1n) is 16.8. The number of carboxylic acid groups (broad SMARTS) is 1. The van der Waals surface area contributed by atoms with Crippen molar-refractivity contribution >= 4 is 104 Å². The molecule has 0 aliphatic heterocycles. The molecule has 0 unspecified atom stereocenters. The molecule has 18 heteroatoms. The average Bonchev–Trinajstić information content (AvgIpc) is 2.86. The maximum Gasteiger partial charge on any atom is 2.00 e. The van der Waals surface area contributed by atoms with Gasteiger partial charge in [0.15, 0.2) is 0 Å². The van der Waals surface area contributed by atoms with Gasteiger partial charge in [-0.05, 0) is 68.9 Å². The van der Waals surface area contributed by atoms with E-state index in [1.54, 1.807) is 38.1 Å². The fraction of sp³-hybridized carbons (Fsp3) is 0.639. The molecule has 300 valence electrons. The Balaban J connectivity index is -0.000000734. The van der Waals surface area contributed by atoms with Gasteiger partial charge in [-0.3, -0.25) is 9.36 Å². The van der Waals surface area contributed by atoms with Crippen LogP contribution in [0.2, 0.25) is 0 Å². The van der Waals surface area contributed by atoms with Crippen LogP contribution in [0.5, 0.6) is 11.5 Å². The van der Waals surface area contributed by atoms with E-state index in [4.69, 9.17) is 14.2 Å². The van der Waals surface area contributed by atoms with E-state index in [0.29, 0.717) is 33.4 Å². The van der Waals surface area contributed by atoms with Crippen LogP contribution in [0.1, 0.15) is 130 Å². The molecule has 0 fully saturated rings. The quantitative estimate of drug-likeness (QED) is 0.201. The zero-order valence-corrected chi connectivity index (χ0v) is 41.6. The molecular weight excluding hydrogens is 813 g/mol. The van der Waals surface area contributed by atoms with Crippen molar-refractivity contribution in [3.05, 3.63) is 57.6 Å². The molecule has 0 radical (unpaired) electrons. The summed E-state index contributed by atoms with van der Waals surface area (Å²) in [5.74, 6) is -0.819. The van der Waals surface area contributed by atoms with Crippen molar-refractivity contribution in [1.82, 2.24) is 0 Å². The number of benzene rings is 2. The number of carboxylic acids is 1. The van der Waals surface area contributed by atoms with Crippen molar-refractivity contribution < 1.29 is 62.4 Å². The number of aliphatic carboxylic acids is 1. The van der Waals surface area contributed by atoms with Gasteiger partial charge in [0.05, 0.1) is 13.2 Å². The Morgan fingerprint density at radius 3 is 0.944 bits per heavy atom. The van der Waals surface area contributed by atoms with E-state index in [0.717, 1.165) is 0 Å². The minimum atomic E-state index is -4.63. The van der Waals surface area contributed by atoms with E-state index >= 15 is 0 Å². The number of aromatic hydroxyl groups is 2. The van der Waals surface area contributed by atoms with Gasteiger partial charge in [-0.2, -0.15) is 0 Å². The van der Waals surface area contributed by atoms with Gasteiger partial charge < -0.3 is 53.1 Å². The Morgan fingerprint density at radius 1 is 0.574 bits per heavy atom. The molecular formula is C36H59Ca2O13P3. The number of carbonyl (C=O) groups is 1. The molecule has 2 aromatic carbocycles. The topological polar surface area (TPSA) is 240 Å². The van der Waals surface area contributed by atoms with Crippen molar-refractivity contribution in [1.29, 1.82) is 0 Å². The molecule has 2 rings (SSSR count). The van der Waals surface area contributed by atoms with Gasteiger partial charge in [-0.25, -0.2) is 0 Å². The smallest absolute Gasteiger partial charge is 0.810 e. The van der Waals surface area contributed by atoms with Gasteiger partial charge in [0.2, 0.25) is 0 Å². The Labute approximate surface area is 382 Å². The summed E-state index contributed by atoms with van der Waals surface area (Å²) in [5, 5.41) is 29.3. The second-order valence-electron chi connectivity index (χ2n) is 16.6. The van der Waals surface area contributed by atoms with Gasteiger partial charge in [-0.1, -0.05) is 123 Å². The Kier molecular flexibility index (Phi) is 24.8. The largest absolute Gasteiger partial charge is 2.00 e. The normalized spacial score (nSPS) is 12.6. The summed E-state index contributed by atoms with van der Waals surface area (Å²) in [6.07, 6.45) is -1.63. The summed E-state index contributed by atoms with van der Waals surface area (Å²) in [6, 6.07) is 6.47. The molecule has 0 aliphatic carbocycles. The fourth-order valence-electron chi connectivity index (χ4n) is 4.99. The summed E-state index contributed by atoms with van der Waals surface area (Å²) in [4.78, 5) is 54.3. The number of hydrogen-bond acceptors (Lipinski definition) is 12. The second-order valence-corrected chi connectivity index (χ2v) is 21.7. The van der Waals surface area contributed by atoms with Crippen molar-refractivity contribution in [2.45, 2.75) is 131 Å². The maximum absolute atomic E-state index is 11.4. The third-order valence-corrected chi connectivity index (χ3v) is 10.8. The predicted molar refractivity (Wildman–Crippen MR) is 209 cm³/mol. The van der Waals surface area contributed by atoms with Crippen LogP contribution in [0.15, 0.2) is 24.3 Å². The first-order valence-corrected chi connectivity index (χ1v) is 22.0. The van der Waals surface area contributed by atoms with Crippen LogP contribution < -0.4 is 19.6 Å². The zero-order valence-electron chi connectivity index (χ0n) is 34.5. The first-order chi connectivity index (χ1) is 23.0. The van der Waals surface area contributed by atoms with Gasteiger partial charge in [0, 0.05) is 12.3 Å². The maximum atomic E-state index is 11.4. The fourth-order valence-corrected chi connectivity index (χ4v) is 7.63. The molecule has 0 saturated heterocycles. The van der Waals surface area contributed by atoms with E-state index in [-0.39, 0.29) is 122 Å². The summed E-state index contributed by atoms with van der Waals surface area (Å²) in [7, 11) is -12.6. The molecule has 0 spiro atoms. The van der Waals surface area contributed by atoms with Crippen LogP contribution in [0.3, 0.4) is 0 Å². The van der Waals surface area contributed by atoms with Gasteiger partial charge in [0.25, 0.3) is 0 Å². The van der Waals surface area contributed by atoms with Crippen LogP contribution >= 0.6 is 22.8 Å². The molecule has 0 atom stereocenters. The Hall–Kier alpha value is 0.479. The first kappa shape index (κ1) is 58.8. The minimum absolute atomic E-state index is 0. The Morgan fingerprint density at radius 2 is 0.796 bits per heavy atom. The number of phenolic OH excluding ortho intramolecular Hbond substituents is 2. The van der Waals surface area contributed by atoms with Gasteiger partial charge >= 0.3 is 89.0 Å². The second kappa shape index (κ2) is 22.7. The molecule has 0 aliphatic rings. The zero-order chi connectivity index (χ0) is 41.5. The number of phenols is 2. The van der Waals surface area contributed by atoms with Crippen LogP contribution in [-0.4, -0.2) is 116 Å². The van der Waals surface area contributed by atoms with Crippen LogP contribution in [-0.2, 0) is 61.5 Å². The third kappa shape index (κ3) is 22.0. The van der Waals surface area contributed by atoms with Crippen molar-refractivity contribution in [2.24, 2.45) is 0 Å². The van der Waals surface area contributed by atoms with E-state index in [2.05, 4.69) is 0 Å². The average molecular weight is 873 g/mol. The third-order valence-electron chi connectivity index (χ3n) is 7.30. The minimum Gasteiger partial charge on any atom is -0.810 e. The molecule has 0 heterocycles.